The first-order valence-corrected chi connectivity index (χ1v) is 4.61. The highest BCUT2D eigenvalue weighted by atomic mass is 32.1. The standard InChI is InChI=1S/C6H4N4OS2/c7-6-9-4(11)3-5(10-6)13-2(1-12)8-3/h1H,(H3,7,9,10,11). The number of thiocarbonyl (C=S) groups is 1. The number of thiazole rings is 1. The van der Waals surface area contributed by atoms with Crippen LogP contribution in [-0.2, 0) is 0 Å². The van der Waals surface area contributed by atoms with Crippen molar-refractivity contribution in [3.8, 4) is 0 Å². The topological polar surface area (TPSA) is 84.7 Å². The van der Waals surface area contributed by atoms with E-state index in [-0.39, 0.29) is 17.0 Å². The van der Waals surface area contributed by atoms with Gasteiger partial charge in [0.05, 0.1) is 0 Å². The molecule has 13 heavy (non-hydrogen) atoms. The molecule has 7 heteroatoms. The summed E-state index contributed by atoms with van der Waals surface area (Å²) in [6.07, 6.45) is 0. The summed E-state index contributed by atoms with van der Waals surface area (Å²) in [5.74, 6) is 0.0945. The van der Waals surface area contributed by atoms with Gasteiger partial charge in [-0.25, -0.2) is 9.97 Å². The summed E-state index contributed by atoms with van der Waals surface area (Å²) in [4.78, 5) is 22.0. The van der Waals surface area contributed by atoms with E-state index in [1.165, 1.54) is 16.7 Å². The minimum atomic E-state index is -0.332. The highest BCUT2D eigenvalue weighted by Gasteiger charge is 2.07. The summed E-state index contributed by atoms with van der Waals surface area (Å²) in [7, 11) is 0. The van der Waals surface area contributed by atoms with Crippen LogP contribution in [0.5, 0.6) is 0 Å². The Morgan fingerprint density at radius 3 is 3.00 bits per heavy atom. The van der Waals surface area contributed by atoms with E-state index in [1.807, 2.05) is 0 Å². The van der Waals surface area contributed by atoms with Crippen LogP contribution in [0.25, 0.3) is 10.3 Å². The zero-order valence-corrected chi connectivity index (χ0v) is 7.91. The van der Waals surface area contributed by atoms with Crippen molar-refractivity contribution < 1.29 is 0 Å². The number of aromatic nitrogens is 3. The molecule has 0 bridgehead atoms. The molecule has 2 heterocycles. The first-order valence-electron chi connectivity index (χ1n) is 3.32. The van der Waals surface area contributed by atoms with Crippen LogP contribution in [0.15, 0.2) is 4.79 Å². The maximum absolute atomic E-state index is 11.2. The van der Waals surface area contributed by atoms with Gasteiger partial charge in [0.25, 0.3) is 5.56 Å². The number of fused-ring (bicyclic) bond motifs is 1. The Morgan fingerprint density at radius 2 is 2.31 bits per heavy atom. The Bertz CT molecular complexity index is 529. The van der Waals surface area contributed by atoms with Gasteiger partial charge in [0.1, 0.15) is 5.01 Å². The van der Waals surface area contributed by atoms with Crippen LogP contribution in [-0.4, -0.2) is 20.3 Å². The number of anilines is 1. The van der Waals surface area contributed by atoms with Gasteiger partial charge < -0.3 is 5.73 Å². The van der Waals surface area contributed by atoms with Gasteiger partial charge in [0, 0.05) is 5.37 Å². The Morgan fingerprint density at radius 1 is 1.54 bits per heavy atom. The fourth-order valence-corrected chi connectivity index (χ4v) is 1.87. The van der Waals surface area contributed by atoms with Crippen molar-refractivity contribution in [2.24, 2.45) is 0 Å². The fourth-order valence-electron chi connectivity index (χ4n) is 0.915. The summed E-state index contributed by atoms with van der Waals surface area (Å²) >= 11 is 5.93. The van der Waals surface area contributed by atoms with E-state index >= 15 is 0 Å². The maximum Gasteiger partial charge on any atom is 0.279 e. The van der Waals surface area contributed by atoms with Crippen molar-refractivity contribution in [1.29, 1.82) is 0 Å². The summed E-state index contributed by atoms with van der Waals surface area (Å²) in [6.45, 7) is 0. The molecule has 3 N–H and O–H groups in total. The maximum atomic E-state index is 11.2. The molecule has 0 aliphatic heterocycles. The molecule has 66 valence electrons. The Hall–Kier alpha value is -1.34. The molecular weight excluding hydrogens is 208 g/mol. The van der Waals surface area contributed by atoms with Gasteiger partial charge in [-0.05, 0) is 0 Å². The highest BCUT2D eigenvalue weighted by molar-refractivity contribution is 7.79. The van der Waals surface area contributed by atoms with Crippen molar-refractivity contribution in [1.82, 2.24) is 15.0 Å². The van der Waals surface area contributed by atoms with E-state index in [0.717, 1.165) is 0 Å². The third-order valence-electron chi connectivity index (χ3n) is 1.41. The van der Waals surface area contributed by atoms with Crippen molar-refractivity contribution in [2.45, 2.75) is 0 Å². The molecule has 0 aliphatic rings. The number of nitrogen functional groups attached to an aromatic ring is 1. The minimum absolute atomic E-state index is 0.0945. The largest absolute Gasteiger partial charge is 0.369 e. The summed E-state index contributed by atoms with van der Waals surface area (Å²) < 4.78 is 0. The predicted molar refractivity (Wildman–Crippen MR) is 55.2 cm³/mol. The predicted octanol–water partition coefficient (Wildman–Crippen LogP) is 0.310. The summed E-state index contributed by atoms with van der Waals surface area (Å²) in [5.41, 5.74) is 5.31. The lowest BCUT2D eigenvalue weighted by molar-refractivity contribution is 1.18. The van der Waals surface area contributed by atoms with Crippen molar-refractivity contribution in [3.05, 3.63) is 15.4 Å². The number of nitrogens with zero attached hydrogens (tertiary/aromatic N) is 2. The van der Waals surface area contributed by atoms with Crippen LogP contribution in [0.3, 0.4) is 0 Å². The number of rotatable bonds is 1. The molecule has 0 spiro atoms. The molecule has 5 nitrogen and oxygen atoms in total. The minimum Gasteiger partial charge on any atom is -0.369 e. The van der Waals surface area contributed by atoms with Crippen LogP contribution >= 0.6 is 23.6 Å². The molecule has 2 rings (SSSR count). The van der Waals surface area contributed by atoms with Crippen LogP contribution in [0, 0.1) is 0 Å². The summed E-state index contributed by atoms with van der Waals surface area (Å²) in [6, 6.07) is 0. The fraction of sp³-hybridized carbons (Fsp3) is 0. The number of aromatic amines is 1. The summed E-state index contributed by atoms with van der Waals surface area (Å²) in [5, 5.41) is 2.00. The number of H-pyrrole nitrogens is 1. The second-order valence-electron chi connectivity index (χ2n) is 2.27. The number of nitrogens with two attached hydrogens (primary N) is 1. The van der Waals surface area contributed by atoms with Crippen LogP contribution in [0.2, 0.25) is 0 Å². The number of hydrogen-bond donors (Lipinski definition) is 2. The van der Waals surface area contributed by atoms with Crippen molar-refractivity contribution in [2.75, 3.05) is 5.73 Å². The molecule has 0 unspecified atom stereocenters. The van der Waals surface area contributed by atoms with E-state index in [1.54, 1.807) is 0 Å². The number of nitrogens with one attached hydrogen (secondary N) is 1. The first-order chi connectivity index (χ1) is 6.20. The second-order valence-corrected chi connectivity index (χ2v) is 3.52. The monoisotopic (exact) mass is 212 g/mol. The average Bonchev–Trinajstić information content (AvgIpc) is 2.47. The zero-order chi connectivity index (χ0) is 9.42. The van der Waals surface area contributed by atoms with Gasteiger partial charge in [0.15, 0.2) is 10.3 Å². The lowest BCUT2D eigenvalue weighted by Gasteiger charge is -1.88. The molecule has 0 saturated heterocycles. The molecule has 0 radical (unpaired) electrons. The van der Waals surface area contributed by atoms with E-state index in [4.69, 9.17) is 5.73 Å². The molecule has 0 aliphatic carbocycles. The molecule has 0 atom stereocenters. The molecule has 0 amide bonds. The normalized spacial score (nSPS) is 10.5. The van der Waals surface area contributed by atoms with E-state index in [9.17, 15) is 4.79 Å². The SMILES string of the molecule is Nc1nc2sc(C=S)nc2c(=O)[nH]1. The Balaban J connectivity index is 2.90. The van der Waals surface area contributed by atoms with Gasteiger partial charge in [-0.2, -0.15) is 0 Å². The smallest absolute Gasteiger partial charge is 0.279 e. The zero-order valence-electron chi connectivity index (χ0n) is 6.27. The third-order valence-corrected chi connectivity index (χ3v) is 2.67. The van der Waals surface area contributed by atoms with Crippen LogP contribution in [0.4, 0.5) is 5.95 Å². The first kappa shape index (κ1) is 8.27. The van der Waals surface area contributed by atoms with E-state index in [0.29, 0.717) is 9.84 Å². The molecule has 2 aromatic rings. The Kier molecular flexibility index (Phi) is 1.82. The lowest BCUT2D eigenvalue weighted by Crippen LogP contribution is -2.10. The molecule has 0 saturated carbocycles. The molecule has 0 fully saturated rings. The van der Waals surface area contributed by atoms with E-state index in [2.05, 4.69) is 27.2 Å². The van der Waals surface area contributed by atoms with E-state index < -0.39 is 0 Å². The van der Waals surface area contributed by atoms with Crippen molar-refractivity contribution >= 4 is 45.2 Å². The van der Waals surface area contributed by atoms with Gasteiger partial charge >= 0.3 is 0 Å². The van der Waals surface area contributed by atoms with Gasteiger partial charge in [-0.1, -0.05) is 23.6 Å². The quantitative estimate of drug-likeness (QED) is 0.664. The molecular formula is C6H4N4OS2. The van der Waals surface area contributed by atoms with Gasteiger partial charge in [-0.15, -0.1) is 0 Å². The average molecular weight is 212 g/mol. The van der Waals surface area contributed by atoms with Crippen LogP contribution < -0.4 is 11.3 Å². The van der Waals surface area contributed by atoms with Crippen LogP contribution in [0.1, 0.15) is 5.01 Å². The van der Waals surface area contributed by atoms with Crippen molar-refractivity contribution in [3.63, 3.8) is 0 Å². The third kappa shape index (κ3) is 1.31. The molecule has 2 aromatic heterocycles. The highest BCUT2D eigenvalue weighted by Crippen LogP contribution is 2.15. The van der Waals surface area contributed by atoms with Gasteiger partial charge in [-0.3, -0.25) is 9.78 Å². The Labute approximate surface area is 81.6 Å². The number of hydrogen-bond acceptors (Lipinski definition) is 6. The van der Waals surface area contributed by atoms with Gasteiger partial charge in [0.2, 0.25) is 5.95 Å². The second kappa shape index (κ2) is 2.86. The lowest BCUT2D eigenvalue weighted by atomic mass is 10.6. The molecule has 0 aromatic carbocycles.